The van der Waals surface area contributed by atoms with Crippen molar-refractivity contribution in [2.45, 2.75) is 26.7 Å². The van der Waals surface area contributed by atoms with Crippen LogP contribution in [0.4, 0.5) is 5.69 Å². The van der Waals surface area contributed by atoms with E-state index in [2.05, 4.69) is 19.2 Å². The van der Waals surface area contributed by atoms with Crippen molar-refractivity contribution >= 4 is 40.9 Å². The number of benzene rings is 2. The zero-order valence-electron chi connectivity index (χ0n) is 13.2. The topological polar surface area (TPSA) is 29.1 Å². The van der Waals surface area contributed by atoms with Crippen molar-refractivity contribution in [3.63, 3.8) is 0 Å². The van der Waals surface area contributed by atoms with Gasteiger partial charge in [-0.3, -0.25) is 4.79 Å². The molecule has 2 aromatic carbocycles. The third-order valence-electron chi connectivity index (χ3n) is 3.62. The van der Waals surface area contributed by atoms with E-state index in [9.17, 15) is 4.79 Å². The number of carbonyl (C=O) groups is 1. The first-order chi connectivity index (χ1) is 11.0. The number of anilines is 1. The average Bonchev–Trinajstić information content (AvgIpc) is 2.56. The molecule has 2 nitrogen and oxygen atoms in total. The van der Waals surface area contributed by atoms with Gasteiger partial charge in [-0.1, -0.05) is 61.3 Å². The van der Waals surface area contributed by atoms with E-state index in [4.69, 9.17) is 23.2 Å². The van der Waals surface area contributed by atoms with Crippen LogP contribution in [-0.4, -0.2) is 5.91 Å². The van der Waals surface area contributed by atoms with Crippen LogP contribution in [-0.2, 0) is 17.6 Å². The molecule has 0 bridgehead atoms. The van der Waals surface area contributed by atoms with E-state index in [1.165, 1.54) is 6.08 Å². The summed E-state index contributed by atoms with van der Waals surface area (Å²) in [5, 5.41) is 3.96. The third kappa shape index (κ3) is 4.60. The van der Waals surface area contributed by atoms with Gasteiger partial charge in [0.05, 0.1) is 10.0 Å². The van der Waals surface area contributed by atoms with Crippen LogP contribution in [0.5, 0.6) is 0 Å². The first-order valence-electron chi connectivity index (χ1n) is 7.60. The molecule has 0 saturated carbocycles. The number of nitrogens with one attached hydrogen (secondary N) is 1. The fourth-order valence-electron chi connectivity index (χ4n) is 2.36. The van der Waals surface area contributed by atoms with Crippen LogP contribution in [0.2, 0.25) is 10.0 Å². The van der Waals surface area contributed by atoms with Gasteiger partial charge in [0, 0.05) is 11.8 Å². The molecular formula is C19H19Cl2NO. The van der Waals surface area contributed by atoms with Crippen molar-refractivity contribution in [1.29, 1.82) is 0 Å². The Labute approximate surface area is 147 Å². The zero-order valence-corrected chi connectivity index (χ0v) is 14.7. The fraction of sp³-hybridized carbons (Fsp3) is 0.211. The Balaban J connectivity index is 2.16. The molecule has 1 amide bonds. The van der Waals surface area contributed by atoms with Crippen molar-refractivity contribution in [2.75, 3.05) is 5.32 Å². The van der Waals surface area contributed by atoms with Gasteiger partial charge < -0.3 is 5.32 Å². The van der Waals surface area contributed by atoms with E-state index in [1.54, 1.807) is 18.2 Å². The number of halogens is 2. The molecule has 0 heterocycles. The van der Waals surface area contributed by atoms with E-state index < -0.39 is 0 Å². The molecule has 0 aromatic heterocycles. The van der Waals surface area contributed by atoms with Gasteiger partial charge in [-0.2, -0.15) is 0 Å². The maximum absolute atomic E-state index is 12.2. The lowest BCUT2D eigenvalue weighted by Crippen LogP contribution is -2.11. The Morgan fingerprint density at radius 2 is 1.70 bits per heavy atom. The quantitative estimate of drug-likeness (QED) is 0.683. The molecule has 2 aromatic rings. The monoisotopic (exact) mass is 347 g/mol. The van der Waals surface area contributed by atoms with E-state index in [0.29, 0.717) is 10.0 Å². The zero-order chi connectivity index (χ0) is 16.8. The Kier molecular flexibility index (Phi) is 6.26. The average molecular weight is 348 g/mol. The maximum atomic E-state index is 12.2. The molecular weight excluding hydrogens is 329 g/mol. The molecule has 0 aliphatic heterocycles. The van der Waals surface area contributed by atoms with Crippen molar-refractivity contribution in [2.24, 2.45) is 0 Å². The normalized spacial score (nSPS) is 11.0. The minimum atomic E-state index is -0.160. The van der Waals surface area contributed by atoms with Crippen LogP contribution in [0.3, 0.4) is 0 Å². The first kappa shape index (κ1) is 17.6. The van der Waals surface area contributed by atoms with Gasteiger partial charge in [-0.15, -0.1) is 0 Å². The summed E-state index contributed by atoms with van der Waals surface area (Å²) in [5.74, 6) is -0.160. The third-order valence-corrected chi connectivity index (χ3v) is 4.36. The van der Waals surface area contributed by atoms with Crippen LogP contribution in [0, 0.1) is 0 Å². The van der Waals surface area contributed by atoms with Crippen LogP contribution >= 0.6 is 23.2 Å². The highest BCUT2D eigenvalue weighted by Gasteiger charge is 2.08. The molecule has 23 heavy (non-hydrogen) atoms. The van der Waals surface area contributed by atoms with Gasteiger partial charge in [0.15, 0.2) is 0 Å². The number of para-hydroxylation sites is 1. The summed E-state index contributed by atoms with van der Waals surface area (Å²) in [6.07, 6.45) is 4.98. The van der Waals surface area contributed by atoms with Gasteiger partial charge in [-0.25, -0.2) is 0 Å². The standard InChI is InChI=1S/C19H19Cl2NO/c1-3-14-6-5-7-15(4-2)19(14)22-18(23)11-9-13-8-10-16(20)17(21)12-13/h5-12H,3-4H2,1-2H3,(H,22,23)/b11-9+. The number of rotatable bonds is 5. The molecule has 0 radical (unpaired) electrons. The van der Waals surface area contributed by atoms with Crippen molar-refractivity contribution < 1.29 is 4.79 Å². The lowest BCUT2D eigenvalue weighted by Gasteiger charge is -2.13. The Hall–Kier alpha value is -1.77. The molecule has 120 valence electrons. The Bertz CT molecular complexity index is 716. The highest BCUT2D eigenvalue weighted by atomic mass is 35.5. The summed E-state index contributed by atoms with van der Waals surface area (Å²) in [6.45, 7) is 4.16. The summed E-state index contributed by atoms with van der Waals surface area (Å²) in [5.41, 5.74) is 4.02. The van der Waals surface area contributed by atoms with Gasteiger partial charge >= 0.3 is 0 Å². The van der Waals surface area contributed by atoms with Gasteiger partial charge in [-0.05, 0) is 47.7 Å². The molecule has 0 atom stereocenters. The first-order valence-corrected chi connectivity index (χ1v) is 8.35. The van der Waals surface area contributed by atoms with Crippen molar-refractivity contribution in [3.05, 3.63) is 69.2 Å². The van der Waals surface area contributed by atoms with E-state index in [0.717, 1.165) is 35.2 Å². The fourth-order valence-corrected chi connectivity index (χ4v) is 2.66. The van der Waals surface area contributed by atoms with E-state index in [1.807, 2.05) is 24.3 Å². The number of aryl methyl sites for hydroxylation is 2. The number of amides is 1. The smallest absolute Gasteiger partial charge is 0.248 e. The summed E-state index contributed by atoms with van der Waals surface area (Å²) < 4.78 is 0. The lowest BCUT2D eigenvalue weighted by atomic mass is 10.0. The van der Waals surface area contributed by atoms with Crippen LogP contribution in [0.1, 0.15) is 30.5 Å². The van der Waals surface area contributed by atoms with Crippen LogP contribution < -0.4 is 5.32 Å². The number of hydrogen-bond donors (Lipinski definition) is 1. The molecule has 0 unspecified atom stereocenters. The van der Waals surface area contributed by atoms with E-state index >= 15 is 0 Å². The number of carbonyl (C=O) groups excluding carboxylic acids is 1. The number of hydrogen-bond acceptors (Lipinski definition) is 1. The van der Waals surface area contributed by atoms with Crippen molar-refractivity contribution in [3.8, 4) is 0 Å². The second-order valence-electron chi connectivity index (χ2n) is 5.15. The second kappa shape index (κ2) is 8.19. The molecule has 0 spiro atoms. The molecule has 0 aliphatic rings. The van der Waals surface area contributed by atoms with Crippen molar-refractivity contribution in [1.82, 2.24) is 0 Å². The summed E-state index contributed by atoms with van der Waals surface area (Å²) in [6, 6.07) is 11.4. The maximum Gasteiger partial charge on any atom is 0.248 e. The molecule has 0 fully saturated rings. The summed E-state index contributed by atoms with van der Waals surface area (Å²) in [4.78, 5) is 12.2. The second-order valence-corrected chi connectivity index (χ2v) is 5.97. The minimum Gasteiger partial charge on any atom is -0.322 e. The highest BCUT2D eigenvalue weighted by Crippen LogP contribution is 2.24. The SMILES string of the molecule is CCc1cccc(CC)c1NC(=O)/C=C/c1ccc(Cl)c(Cl)c1. The molecule has 1 N–H and O–H groups in total. The molecule has 0 aliphatic carbocycles. The van der Waals surface area contributed by atoms with Crippen LogP contribution in [0.15, 0.2) is 42.5 Å². The summed E-state index contributed by atoms with van der Waals surface area (Å²) in [7, 11) is 0. The van der Waals surface area contributed by atoms with E-state index in [-0.39, 0.29) is 5.91 Å². The summed E-state index contributed by atoms with van der Waals surface area (Å²) >= 11 is 11.9. The molecule has 4 heteroatoms. The Morgan fingerprint density at radius 1 is 1.04 bits per heavy atom. The predicted molar refractivity (Wildman–Crippen MR) is 99.3 cm³/mol. The van der Waals surface area contributed by atoms with Gasteiger partial charge in [0.2, 0.25) is 5.91 Å². The van der Waals surface area contributed by atoms with Gasteiger partial charge in [0.25, 0.3) is 0 Å². The van der Waals surface area contributed by atoms with Crippen LogP contribution in [0.25, 0.3) is 6.08 Å². The van der Waals surface area contributed by atoms with Gasteiger partial charge in [0.1, 0.15) is 0 Å². The minimum absolute atomic E-state index is 0.160. The molecule has 2 rings (SSSR count). The molecule has 0 saturated heterocycles. The largest absolute Gasteiger partial charge is 0.322 e. The highest BCUT2D eigenvalue weighted by molar-refractivity contribution is 6.42. The lowest BCUT2D eigenvalue weighted by molar-refractivity contribution is -0.111. The predicted octanol–water partition coefficient (Wildman–Crippen LogP) is 5.77. The Morgan fingerprint density at radius 3 is 2.26 bits per heavy atom.